The molecule has 1 N–H and O–H groups in total. The van der Waals surface area contributed by atoms with Gasteiger partial charge >= 0.3 is 0 Å². The number of nitrogens with zero attached hydrogens (tertiary/aromatic N) is 6. The molecule has 0 fully saturated rings. The van der Waals surface area contributed by atoms with Gasteiger partial charge in [0.15, 0.2) is 0 Å². The monoisotopic (exact) mass is 373 g/mol. The normalized spacial score (nSPS) is 10.7. The predicted octanol–water partition coefficient (Wildman–Crippen LogP) is 2.94. The van der Waals surface area contributed by atoms with Crippen molar-refractivity contribution in [2.45, 2.75) is 19.4 Å². The second-order valence-corrected chi connectivity index (χ2v) is 6.19. The number of amides is 1. The van der Waals surface area contributed by atoms with E-state index in [1.54, 1.807) is 10.9 Å². The molecule has 0 unspecified atom stereocenters. The molecule has 8 heteroatoms. The lowest BCUT2D eigenvalue weighted by atomic mass is 10.2. The van der Waals surface area contributed by atoms with Crippen molar-refractivity contribution in [3.63, 3.8) is 0 Å². The van der Waals surface area contributed by atoms with E-state index in [0.29, 0.717) is 25.2 Å². The highest BCUT2D eigenvalue weighted by atomic mass is 16.1. The zero-order valence-electron chi connectivity index (χ0n) is 15.1. The van der Waals surface area contributed by atoms with Gasteiger partial charge in [-0.25, -0.2) is 4.68 Å². The smallest absolute Gasteiger partial charge is 0.224 e. The average Bonchev–Trinajstić information content (AvgIpc) is 3.41. The first kappa shape index (κ1) is 17.6. The first-order valence-electron chi connectivity index (χ1n) is 9.02. The number of nitrogens with one attached hydrogen (secondary N) is 1. The van der Waals surface area contributed by atoms with Gasteiger partial charge in [-0.2, -0.15) is 9.90 Å². The molecule has 4 rings (SSSR count). The summed E-state index contributed by atoms with van der Waals surface area (Å²) in [5.74, 6) is 0.515. The maximum Gasteiger partial charge on any atom is 0.224 e. The SMILES string of the molecule is O=C(CCCn1nnc(-c2ccccc2)n1)Nc1ccccc1-n1cccn1. The highest BCUT2D eigenvalue weighted by Gasteiger charge is 2.09. The molecule has 2 heterocycles. The quantitative estimate of drug-likeness (QED) is 0.538. The molecule has 0 aliphatic carbocycles. The van der Waals surface area contributed by atoms with Gasteiger partial charge in [0.1, 0.15) is 0 Å². The number of rotatable bonds is 7. The largest absolute Gasteiger partial charge is 0.324 e. The van der Waals surface area contributed by atoms with Crippen LogP contribution in [0.3, 0.4) is 0 Å². The summed E-state index contributed by atoms with van der Waals surface area (Å²) in [6, 6.07) is 19.1. The van der Waals surface area contributed by atoms with Gasteiger partial charge in [0.25, 0.3) is 0 Å². The van der Waals surface area contributed by atoms with Crippen molar-refractivity contribution in [1.29, 1.82) is 0 Å². The predicted molar refractivity (Wildman–Crippen MR) is 105 cm³/mol. The zero-order chi connectivity index (χ0) is 19.2. The Balaban J connectivity index is 1.32. The molecule has 0 aliphatic heterocycles. The molecule has 0 radical (unpaired) electrons. The van der Waals surface area contributed by atoms with E-state index >= 15 is 0 Å². The zero-order valence-corrected chi connectivity index (χ0v) is 15.1. The fourth-order valence-electron chi connectivity index (χ4n) is 2.82. The van der Waals surface area contributed by atoms with Crippen LogP contribution in [0.15, 0.2) is 73.1 Å². The van der Waals surface area contributed by atoms with Crippen LogP contribution in [0.5, 0.6) is 0 Å². The van der Waals surface area contributed by atoms with Crippen LogP contribution in [0.1, 0.15) is 12.8 Å². The summed E-state index contributed by atoms with van der Waals surface area (Å²) in [5.41, 5.74) is 2.47. The van der Waals surface area contributed by atoms with Crippen molar-refractivity contribution in [2.24, 2.45) is 0 Å². The fourth-order valence-corrected chi connectivity index (χ4v) is 2.82. The van der Waals surface area contributed by atoms with E-state index in [0.717, 1.165) is 16.9 Å². The molecular formula is C20H19N7O. The summed E-state index contributed by atoms with van der Waals surface area (Å²) in [5, 5.41) is 19.7. The van der Waals surface area contributed by atoms with Gasteiger partial charge in [0, 0.05) is 24.4 Å². The van der Waals surface area contributed by atoms with Crippen LogP contribution in [0, 0.1) is 0 Å². The lowest BCUT2D eigenvalue weighted by molar-refractivity contribution is -0.116. The van der Waals surface area contributed by atoms with Crippen molar-refractivity contribution in [1.82, 2.24) is 30.0 Å². The van der Waals surface area contributed by atoms with Gasteiger partial charge in [-0.15, -0.1) is 10.2 Å². The first-order chi connectivity index (χ1) is 13.8. The average molecular weight is 373 g/mol. The van der Waals surface area contributed by atoms with Crippen molar-refractivity contribution in [3.8, 4) is 17.1 Å². The molecule has 8 nitrogen and oxygen atoms in total. The second kappa shape index (κ2) is 8.26. The molecule has 2 aromatic heterocycles. The number of aryl methyl sites for hydroxylation is 1. The van der Waals surface area contributed by atoms with Crippen molar-refractivity contribution in [3.05, 3.63) is 73.1 Å². The maximum absolute atomic E-state index is 12.3. The third-order valence-electron chi connectivity index (χ3n) is 4.18. The Morgan fingerprint density at radius 1 is 1.00 bits per heavy atom. The summed E-state index contributed by atoms with van der Waals surface area (Å²) < 4.78 is 1.72. The molecule has 4 aromatic rings. The molecule has 0 saturated heterocycles. The van der Waals surface area contributed by atoms with E-state index in [4.69, 9.17) is 0 Å². The summed E-state index contributed by atoms with van der Waals surface area (Å²) in [7, 11) is 0. The molecule has 0 spiro atoms. The van der Waals surface area contributed by atoms with Crippen LogP contribution < -0.4 is 5.32 Å². The third-order valence-corrected chi connectivity index (χ3v) is 4.18. The van der Waals surface area contributed by atoms with Crippen LogP contribution in [-0.2, 0) is 11.3 Å². The minimum atomic E-state index is -0.0667. The van der Waals surface area contributed by atoms with Crippen LogP contribution in [0.25, 0.3) is 17.1 Å². The minimum absolute atomic E-state index is 0.0667. The number of para-hydroxylation sites is 2. The lowest BCUT2D eigenvalue weighted by Gasteiger charge is -2.10. The minimum Gasteiger partial charge on any atom is -0.324 e. The molecule has 140 valence electrons. The lowest BCUT2D eigenvalue weighted by Crippen LogP contribution is -2.15. The Morgan fingerprint density at radius 2 is 1.82 bits per heavy atom. The fraction of sp³-hybridized carbons (Fsp3) is 0.150. The van der Waals surface area contributed by atoms with Gasteiger partial charge in [0.2, 0.25) is 11.7 Å². The van der Waals surface area contributed by atoms with Crippen LogP contribution in [0.4, 0.5) is 5.69 Å². The molecule has 0 bridgehead atoms. The number of tetrazole rings is 1. The van der Waals surface area contributed by atoms with Crippen molar-refractivity contribution in [2.75, 3.05) is 5.32 Å². The first-order valence-corrected chi connectivity index (χ1v) is 9.02. The number of anilines is 1. The molecule has 2 aromatic carbocycles. The van der Waals surface area contributed by atoms with E-state index in [2.05, 4.69) is 25.8 Å². The second-order valence-electron chi connectivity index (χ2n) is 6.19. The topological polar surface area (TPSA) is 90.5 Å². The van der Waals surface area contributed by atoms with E-state index in [9.17, 15) is 4.79 Å². The van der Waals surface area contributed by atoms with Crippen molar-refractivity contribution < 1.29 is 4.79 Å². The van der Waals surface area contributed by atoms with Crippen LogP contribution in [0.2, 0.25) is 0 Å². The van der Waals surface area contributed by atoms with E-state index < -0.39 is 0 Å². The summed E-state index contributed by atoms with van der Waals surface area (Å²) in [6.07, 6.45) is 4.51. The van der Waals surface area contributed by atoms with E-state index in [1.165, 1.54) is 4.80 Å². The highest BCUT2D eigenvalue weighted by molar-refractivity contribution is 5.92. The molecule has 0 atom stereocenters. The maximum atomic E-state index is 12.3. The number of aromatic nitrogens is 6. The van der Waals surface area contributed by atoms with Gasteiger partial charge in [-0.1, -0.05) is 42.5 Å². The molecule has 0 aliphatic rings. The molecular weight excluding hydrogens is 354 g/mol. The Kier molecular flexibility index (Phi) is 5.19. The van der Waals surface area contributed by atoms with Crippen molar-refractivity contribution >= 4 is 11.6 Å². The van der Waals surface area contributed by atoms with Crippen LogP contribution in [-0.4, -0.2) is 35.9 Å². The Morgan fingerprint density at radius 3 is 2.64 bits per heavy atom. The van der Waals surface area contributed by atoms with Gasteiger partial charge in [-0.3, -0.25) is 4.79 Å². The summed E-state index contributed by atoms with van der Waals surface area (Å²) in [6.45, 7) is 0.522. The number of hydrogen-bond acceptors (Lipinski definition) is 5. The van der Waals surface area contributed by atoms with Gasteiger partial charge in [0.05, 0.1) is 17.9 Å². The number of carbonyl (C=O) groups is 1. The van der Waals surface area contributed by atoms with Gasteiger partial charge < -0.3 is 5.32 Å². The standard InChI is InChI=1S/C20H19N7O/c28-19(22-17-10-4-5-11-18(17)26-14-7-13-21-26)12-6-15-27-24-20(23-25-27)16-8-2-1-3-9-16/h1-5,7-11,13-14H,6,12,15H2,(H,22,28). The Hall–Kier alpha value is -3.81. The summed E-state index contributed by atoms with van der Waals surface area (Å²) >= 11 is 0. The number of benzene rings is 2. The number of carbonyl (C=O) groups excluding carboxylic acids is 1. The van der Waals surface area contributed by atoms with E-state index in [-0.39, 0.29) is 5.91 Å². The van der Waals surface area contributed by atoms with Gasteiger partial charge in [-0.05, 0) is 29.8 Å². The Labute approximate surface area is 161 Å². The Bertz CT molecular complexity index is 1040. The van der Waals surface area contributed by atoms with Crippen LogP contribution >= 0.6 is 0 Å². The summed E-state index contributed by atoms with van der Waals surface area (Å²) in [4.78, 5) is 13.9. The third kappa shape index (κ3) is 4.12. The molecule has 1 amide bonds. The molecule has 0 saturated carbocycles. The molecule has 28 heavy (non-hydrogen) atoms. The van der Waals surface area contributed by atoms with E-state index in [1.807, 2.05) is 66.9 Å². The highest BCUT2D eigenvalue weighted by Crippen LogP contribution is 2.19. The number of hydrogen-bond donors (Lipinski definition) is 1.